The molecule has 0 radical (unpaired) electrons. The lowest BCUT2D eigenvalue weighted by Gasteiger charge is -2.23. The number of rotatable bonds is 4. The van der Waals surface area contributed by atoms with Gasteiger partial charge in [0.05, 0.1) is 11.7 Å². The fraction of sp³-hybridized carbons (Fsp3) is 0.200. The monoisotopic (exact) mass is 306 g/mol. The van der Waals surface area contributed by atoms with Gasteiger partial charge >= 0.3 is 0 Å². The van der Waals surface area contributed by atoms with Gasteiger partial charge < -0.3 is 4.74 Å². The average molecular weight is 306 g/mol. The van der Waals surface area contributed by atoms with Crippen molar-refractivity contribution < 1.29 is 14.3 Å². The Hall–Kier alpha value is -2.68. The molecule has 0 saturated heterocycles. The SMILES string of the molecule is CC(C)OC1=C(C2C=CC=C2)C(=O)C=C(c2ccccc2)C1=O. The molecule has 0 unspecified atom stereocenters. The first-order chi connectivity index (χ1) is 11.1. The van der Waals surface area contributed by atoms with Crippen molar-refractivity contribution in [2.45, 2.75) is 20.0 Å². The Morgan fingerprint density at radius 3 is 2.26 bits per heavy atom. The Kier molecular flexibility index (Phi) is 4.11. The zero-order valence-electron chi connectivity index (χ0n) is 13.2. The number of hydrogen-bond donors (Lipinski definition) is 0. The first-order valence-electron chi connectivity index (χ1n) is 7.70. The molecule has 0 atom stereocenters. The van der Waals surface area contributed by atoms with Crippen LogP contribution in [-0.2, 0) is 14.3 Å². The Morgan fingerprint density at radius 2 is 1.65 bits per heavy atom. The molecule has 2 aliphatic rings. The normalized spacial score (nSPS) is 18.1. The first-order valence-corrected chi connectivity index (χ1v) is 7.70. The fourth-order valence-electron chi connectivity index (χ4n) is 2.76. The molecular weight excluding hydrogens is 288 g/mol. The van der Waals surface area contributed by atoms with E-state index in [2.05, 4.69) is 0 Å². The maximum Gasteiger partial charge on any atom is 0.228 e. The van der Waals surface area contributed by atoms with Gasteiger partial charge in [0, 0.05) is 11.5 Å². The highest BCUT2D eigenvalue weighted by atomic mass is 16.5. The van der Waals surface area contributed by atoms with E-state index >= 15 is 0 Å². The van der Waals surface area contributed by atoms with Crippen molar-refractivity contribution in [3.05, 3.63) is 77.6 Å². The van der Waals surface area contributed by atoms with Gasteiger partial charge in [0.2, 0.25) is 5.78 Å². The number of ether oxygens (including phenoxy) is 1. The van der Waals surface area contributed by atoms with Gasteiger partial charge in [-0.25, -0.2) is 0 Å². The molecule has 1 aromatic carbocycles. The maximum absolute atomic E-state index is 12.9. The molecule has 0 bridgehead atoms. The van der Waals surface area contributed by atoms with Crippen LogP contribution >= 0.6 is 0 Å². The number of benzene rings is 1. The quantitative estimate of drug-likeness (QED) is 0.798. The standard InChI is InChI=1S/C20H18O3/c1-13(2)23-20-18(15-10-6-7-11-15)17(21)12-16(19(20)22)14-8-4-3-5-9-14/h3-13,15H,1-2H3. The predicted molar refractivity (Wildman–Crippen MR) is 89.5 cm³/mol. The second-order valence-corrected chi connectivity index (χ2v) is 5.82. The number of hydrogen-bond acceptors (Lipinski definition) is 3. The van der Waals surface area contributed by atoms with Crippen LogP contribution in [-0.4, -0.2) is 17.7 Å². The summed E-state index contributed by atoms with van der Waals surface area (Å²) in [6.07, 6.45) is 8.79. The second kappa shape index (κ2) is 6.21. The van der Waals surface area contributed by atoms with Crippen molar-refractivity contribution in [1.29, 1.82) is 0 Å². The molecule has 116 valence electrons. The molecule has 0 aliphatic heterocycles. The van der Waals surface area contributed by atoms with Gasteiger partial charge in [0.15, 0.2) is 11.5 Å². The van der Waals surface area contributed by atoms with Crippen LogP contribution in [0.5, 0.6) is 0 Å². The van der Waals surface area contributed by atoms with Gasteiger partial charge in [-0.05, 0) is 25.5 Å². The molecule has 0 spiro atoms. The third-order valence-corrected chi connectivity index (χ3v) is 3.76. The number of ketones is 2. The van der Waals surface area contributed by atoms with Crippen LogP contribution in [0.2, 0.25) is 0 Å². The summed E-state index contributed by atoms with van der Waals surface area (Å²) >= 11 is 0. The van der Waals surface area contributed by atoms with Gasteiger partial charge in [-0.2, -0.15) is 0 Å². The van der Waals surface area contributed by atoms with E-state index in [9.17, 15) is 9.59 Å². The van der Waals surface area contributed by atoms with Crippen LogP contribution in [0.25, 0.3) is 5.57 Å². The third-order valence-electron chi connectivity index (χ3n) is 3.76. The summed E-state index contributed by atoms with van der Waals surface area (Å²) in [5.74, 6) is -0.421. The molecule has 3 heteroatoms. The molecule has 0 saturated carbocycles. The van der Waals surface area contributed by atoms with Crippen molar-refractivity contribution in [1.82, 2.24) is 0 Å². The molecule has 23 heavy (non-hydrogen) atoms. The molecule has 1 aromatic rings. The van der Waals surface area contributed by atoms with E-state index in [0.29, 0.717) is 11.1 Å². The largest absolute Gasteiger partial charge is 0.486 e. The Morgan fingerprint density at radius 1 is 1.00 bits per heavy atom. The van der Waals surface area contributed by atoms with Crippen molar-refractivity contribution in [2.24, 2.45) is 5.92 Å². The summed E-state index contributed by atoms with van der Waals surface area (Å²) in [5.41, 5.74) is 1.54. The van der Waals surface area contributed by atoms with Crippen molar-refractivity contribution in [3.8, 4) is 0 Å². The van der Waals surface area contributed by atoms with Crippen LogP contribution in [0.4, 0.5) is 0 Å². The van der Waals surface area contributed by atoms with E-state index in [1.54, 1.807) is 0 Å². The average Bonchev–Trinajstić information content (AvgIpc) is 3.05. The topological polar surface area (TPSA) is 43.4 Å². The summed E-state index contributed by atoms with van der Waals surface area (Å²) in [4.78, 5) is 25.6. The molecule has 3 nitrogen and oxygen atoms in total. The summed E-state index contributed by atoms with van der Waals surface area (Å²) in [6, 6.07) is 9.21. The zero-order valence-corrected chi connectivity index (χ0v) is 13.2. The van der Waals surface area contributed by atoms with Crippen LogP contribution in [0.1, 0.15) is 19.4 Å². The van der Waals surface area contributed by atoms with Crippen LogP contribution in [0, 0.1) is 5.92 Å². The lowest BCUT2D eigenvalue weighted by atomic mass is 9.85. The molecule has 3 rings (SSSR count). The highest BCUT2D eigenvalue weighted by Gasteiger charge is 2.34. The molecular formula is C20H18O3. The Bertz CT molecular complexity index is 749. The second-order valence-electron chi connectivity index (χ2n) is 5.82. The van der Waals surface area contributed by atoms with Gasteiger partial charge in [0.1, 0.15) is 0 Å². The van der Waals surface area contributed by atoms with E-state index in [4.69, 9.17) is 4.74 Å². The summed E-state index contributed by atoms with van der Waals surface area (Å²) in [5, 5.41) is 0. The van der Waals surface area contributed by atoms with Gasteiger partial charge in [-0.1, -0.05) is 54.6 Å². The van der Waals surface area contributed by atoms with Crippen LogP contribution < -0.4 is 0 Å². The fourth-order valence-corrected chi connectivity index (χ4v) is 2.76. The third kappa shape index (κ3) is 2.95. The van der Waals surface area contributed by atoms with Gasteiger partial charge in [0.25, 0.3) is 0 Å². The first kappa shape index (κ1) is 15.2. The van der Waals surface area contributed by atoms with Crippen molar-refractivity contribution in [2.75, 3.05) is 0 Å². The molecule has 0 heterocycles. The Labute approximate surface area is 135 Å². The van der Waals surface area contributed by atoms with E-state index in [-0.39, 0.29) is 29.3 Å². The summed E-state index contributed by atoms with van der Waals surface area (Å²) in [6.45, 7) is 3.70. The minimum absolute atomic E-state index is 0.166. The molecule has 2 aliphatic carbocycles. The summed E-state index contributed by atoms with van der Waals surface area (Å²) in [7, 11) is 0. The number of allylic oxidation sites excluding steroid dienone is 7. The van der Waals surface area contributed by atoms with E-state index in [1.165, 1.54) is 6.08 Å². The van der Waals surface area contributed by atoms with Crippen molar-refractivity contribution >= 4 is 17.1 Å². The predicted octanol–water partition coefficient (Wildman–Crippen LogP) is 3.64. The number of carbonyl (C=O) groups is 2. The molecule has 0 N–H and O–H groups in total. The number of Topliss-reactive ketones (excluding diaryl/α,β-unsaturated/α-hetero) is 1. The smallest absolute Gasteiger partial charge is 0.228 e. The minimum Gasteiger partial charge on any atom is -0.486 e. The van der Waals surface area contributed by atoms with E-state index in [1.807, 2.05) is 68.5 Å². The lowest BCUT2D eigenvalue weighted by Crippen LogP contribution is -2.25. The van der Waals surface area contributed by atoms with Gasteiger partial charge in [-0.3, -0.25) is 9.59 Å². The van der Waals surface area contributed by atoms with Crippen LogP contribution in [0.15, 0.2) is 72.0 Å². The lowest BCUT2D eigenvalue weighted by molar-refractivity contribution is -0.117. The summed E-state index contributed by atoms with van der Waals surface area (Å²) < 4.78 is 5.75. The van der Waals surface area contributed by atoms with Crippen LogP contribution in [0.3, 0.4) is 0 Å². The minimum atomic E-state index is -0.229. The maximum atomic E-state index is 12.9. The van der Waals surface area contributed by atoms with Crippen molar-refractivity contribution in [3.63, 3.8) is 0 Å². The highest BCUT2D eigenvalue weighted by molar-refractivity contribution is 6.37. The zero-order chi connectivity index (χ0) is 16.4. The molecule has 0 amide bonds. The van der Waals surface area contributed by atoms with Gasteiger partial charge in [-0.15, -0.1) is 0 Å². The highest BCUT2D eigenvalue weighted by Crippen LogP contribution is 2.33. The molecule has 0 aromatic heterocycles. The van der Waals surface area contributed by atoms with E-state index < -0.39 is 0 Å². The van der Waals surface area contributed by atoms with E-state index in [0.717, 1.165) is 5.56 Å². The molecule has 0 fully saturated rings. The number of carbonyl (C=O) groups excluding carboxylic acids is 2. The Balaban J connectivity index is 2.07.